The van der Waals surface area contributed by atoms with Crippen molar-refractivity contribution in [2.45, 2.75) is 25.1 Å². The summed E-state index contributed by atoms with van der Waals surface area (Å²) in [5.74, 6) is 0.507. The summed E-state index contributed by atoms with van der Waals surface area (Å²) in [4.78, 5) is 17.0. The lowest BCUT2D eigenvalue weighted by Gasteiger charge is -2.31. The first-order valence-electron chi connectivity index (χ1n) is 6.75. The van der Waals surface area contributed by atoms with Crippen LogP contribution in [0.1, 0.15) is 12.0 Å². The predicted octanol–water partition coefficient (Wildman–Crippen LogP) is 0.184. The monoisotopic (exact) mass is 261 g/mol. The largest absolute Gasteiger partial charge is 0.354 e. The molecule has 2 aliphatic heterocycles. The molecule has 2 aliphatic rings. The Labute approximate surface area is 112 Å². The van der Waals surface area contributed by atoms with E-state index in [2.05, 4.69) is 16.1 Å². The molecule has 102 valence electrons. The van der Waals surface area contributed by atoms with E-state index in [1.807, 2.05) is 30.3 Å². The molecule has 0 radical (unpaired) electrons. The highest BCUT2D eigenvalue weighted by Gasteiger charge is 2.39. The highest BCUT2D eigenvalue weighted by Crippen LogP contribution is 2.20. The van der Waals surface area contributed by atoms with E-state index >= 15 is 0 Å². The number of amides is 1. The molecule has 1 aromatic carbocycles. The van der Waals surface area contributed by atoms with E-state index in [1.54, 1.807) is 0 Å². The molecule has 0 aliphatic carbocycles. The molecular formula is C14H19N3O2. The van der Waals surface area contributed by atoms with Gasteiger partial charge in [-0.2, -0.15) is 5.48 Å². The minimum atomic E-state index is -0.00725. The van der Waals surface area contributed by atoms with Gasteiger partial charge < -0.3 is 10.6 Å². The quantitative estimate of drug-likeness (QED) is 0.677. The fraction of sp³-hybridized carbons (Fsp3) is 0.500. The van der Waals surface area contributed by atoms with Crippen molar-refractivity contribution < 1.29 is 9.63 Å². The molecule has 19 heavy (non-hydrogen) atoms. The van der Waals surface area contributed by atoms with Gasteiger partial charge >= 0.3 is 0 Å². The van der Waals surface area contributed by atoms with Crippen LogP contribution in [0.25, 0.3) is 0 Å². The summed E-state index contributed by atoms with van der Waals surface area (Å²) in [5, 5.41) is 6.17. The number of piperidine rings is 1. The van der Waals surface area contributed by atoms with Gasteiger partial charge in [0.15, 0.2) is 0 Å². The summed E-state index contributed by atoms with van der Waals surface area (Å²) in [6, 6.07) is 10.3. The Hall–Kier alpha value is -1.43. The Balaban J connectivity index is 1.43. The molecule has 3 rings (SSSR count). The number of rotatable bonds is 4. The summed E-state index contributed by atoms with van der Waals surface area (Å²) in [6.45, 7) is 2.10. The zero-order valence-electron chi connectivity index (χ0n) is 10.8. The number of hydrogen-bond acceptors (Lipinski definition) is 4. The van der Waals surface area contributed by atoms with Crippen LogP contribution in [-0.2, 0) is 16.2 Å². The molecule has 3 N–H and O–H groups in total. The van der Waals surface area contributed by atoms with Crippen LogP contribution in [0.2, 0.25) is 0 Å². The molecule has 0 unspecified atom stereocenters. The standard InChI is InChI=1S/C14H19N3O2/c18-14-13-11(7-16-14)6-12(8-15-13)17-19-9-10-4-2-1-3-5-10/h1-5,11-13,15,17H,6-9H2,(H,16,18)/t11-,12+,13-/m0/s1. The van der Waals surface area contributed by atoms with E-state index < -0.39 is 0 Å². The number of hydrogen-bond donors (Lipinski definition) is 3. The summed E-state index contributed by atoms with van der Waals surface area (Å²) in [7, 11) is 0. The van der Waals surface area contributed by atoms with E-state index in [9.17, 15) is 4.79 Å². The van der Waals surface area contributed by atoms with E-state index in [1.165, 1.54) is 0 Å². The van der Waals surface area contributed by atoms with Gasteiger partial charge in [0.2, 0.25) is 5.91 Å². The molecule has 0 bridgehead atoms. The first-order chi connectivity index (χ1) is 9.33. The first kappa shape index (κ1) is 12.6. The van der Waals surface area contributed by atoms with Crippen LogP contribution < -0.4 is 16.1 Å². The van der Waals surface area contributed by atoms with Crippen molar-refractivity contribution in [3.63, 3.8) is 0 Å². The van der Waals surface area contributed by atoms with Gasteiger partial charge in [-0.05, 0) is 12.0 Å². The lowest BCUT2D eigenvalue weighted by Crippen LogP contribution is -2.53. The van der Waals surface area contributed by atoms with Crippen LogP contribution in [0.15, 0.2) is 30.3 Å². The maximum Gasteiger partial charge on any atom is 0.237 e. The molecule has 0 aromatic heterocycles. The van der Waals surface area contributed by atoms with Crippen LogP contribution >= 0.6 is 0 Å². The van der Waals surface area contributed by atoms with Crippen molar-refractivity contribution in [3.8, 4) is 0 Å². The number of benzene rings is 1. The van der Waals surface area contributed by atoms with Crippen LogP contribution in [0.5, 0.6) is 0 Å². The second-order valence-corrected chi connectivity index (χ2v) is 5.22. The second-order valence-electron chi connectivity index (χ2n) is 5.22. The van der Waals surface area contributed by atoms with E-state index in [4.69, 9.17) is 4.84 Å². The van der Waals surface area contributed by atoms with Crippen LogP contribution in [0, 0.1) is 5.92 Å². The lowest BCUT2D eigenvalue weighted by atomic mass is 9.91. The topological polar surface area (TPSA) is 62.4 Å². The zero-order chi connectivity index (χ0) is 13.1. The van der Waals surface area contributed by atoms with Gasteiger partial charge in [-0.15, -0.1) is 0 Å². The molecular weight excluding hydrogens is 242 g/mol. The van der Waals surface area contributed by atoms with E-state index in [0.29, 0.717) is 12.5 Å². The van der Waals surface area contributed by atoms with Gasteiger partial charge in [0.05, 0.1) is 12.6 Å². The van der Waals surface area contributed by atoms with Crippen molar-refractivity contribution in [1.82, 2.24) is 16.1 Å². The molecule has 5 heteroatoms. The number of nitrogens with one attached hydrogen (secondary N) is 3. The first-order valence-corrected chi connectivity index (χ1v) is 6.75. The zero-order valence-corrected chi connectivity index (χ0v) is 10.8. The molecule has 0 saturated carbocycles. The average Bonchev–Trinajstić information content (AvgIpc) is 2.81. The highest BCUT2D eigenvalue weighted by atomic mass is 16.6. The van der Waals surface area contributed by atoms with Gasteiger partial charge in [0.1, 0.15) is 0 Å². The average molecular weight is 261 g/mol. The fourth-order valence-electron chi connectivity index (χ4n) is 2.78. The summed E-state index contributed by atoms with van der Waals surface area (Å²) < 4.78 is 0. The van der Waals surface area contributed by atoms with Crippen molar-refractivity contribution in [2.75, 3.05) is 13.1 Å². The minimum absolute atomic E-state index is 0.00725. The third-order valence-electron chi connectivity index (χ3n) is 3.80. The molecule has 0 spiro atoms. The lowest BCUT2D eigenvalue weighted by molar-refractivity contribution is -0.121. The van der Waals surface area contributed by atoms with Gasteiger partial charge in [-0.25, -0.2) is 0 Å². The van der Waals surface area contributed by atoms with Gasteiger partial charge in [0, 0.05) is 25.0 Å². The molecule has 2 heterocycles. The Kier molecular flexibility index (Phi) is 3.77. The second kappa shape index (κ2) is 5.69. The number of hydroxylamine groups is 1. The molecule has 2 saturated heterocycles. The molecule has 2 fully saturated rings. The third kappa shape index (κ3) is 2.94. The number of carbonyl (C=O) groups is 1. The number of fused-ring (bicyclic) bond motifs is 1. The molecule has 1 amide bonds. The predicted molar refractivity (Wildman–Crippen MR) is 71.1 cm³/mol. The Morgan fingerprint density at radius 2 is 2.11 bits per heavy atom. The Morgan fingerprint density at radius 1 is 1.26 bits per heavy atom. The van der Waals surface area contributed by atoms with Crippen LogP contribution in [-0.4, -0.2) is 31.1 Å². The molecule has 1 aromatic rings. The maximum atomic E-state index is 11.5. The van der Waals surface area contributed by atoms with E-state index in [0.717, 1.165) is 25.1 Å². The smallest absolute Gasteiger partial charge is 0.237 e. The van der Waals surface area contributed by atoms with Gasteiger partial charge in [0.25, 0.3) is 0 Å². The summed E-state index contributed by atoms with van der Waals surface area (Å²) in [5.41, 5.74) is 4.24. The third-order valence-corrected chi connectivity index (χ3v) is 3.80. The van der Waals surface area contributed by atoms with Crippen LogP contribution in [0.3, 0.4) is 0 Å². The minimum Gasteiger partial charge on any atom is -0.354 e. The summed E-state index contributed by atoms with van der Waals surface area (Å²) in [6.07, 6.45) is 0.963. The van der Waals surface area contributed by atoms with Crippen molar-refractivity contribution >= 4 is 5.91 Å². The summed E-state index contributed by atoms with van der Waals surface area (Å²) >= 11 is 0. The Morgan fingerprint density at radius 3 is 2.95 bits per heavy atom. The Bertz CT molecular complexity index is 438. The van der Waals surface area contributed by atoms with Crippen LogP contribution in [0.4, 0.5) is 0 Å². The molecule has 3 atom stereocenters. The van der Waals surface area contributed by atoms with E-state index in [-0.39, 0.29) is 18.0 Å². The van der Waals surface area contributed by atoms with Gasteiger partial charge in [-0.3, -0.25) is 9.63 Å². The van der Waals surface area contributed by atoms with Crippen molar-refractivity contribution in [1.29, 1.82) is 0 Å². The van der Waals surface area contributed by atoms with Crippen molar-refractivity contribution in [3.05, 3.63) is 35.9 Å². The molecule has 5 nitrogen and oxygen atoms in total. The highest BCUT2D eigenvalue weighted by molar-refractivity contribution is 5.84. The normalized spacial score (nSPS) is 29.9. The number of carbonyl (C=O) groups excluding carboxylic acids is 1. The van der Waals surface area contributed by atoms with Gasteiger partial charge in [-0.1, -0.05) is 30.3 Å². The SMILES string of the molecule is O=C1NC[C@@H]2C[C@@H](NOCc3ccccc3)CN[C@H]12. The maximum absolute atomic E-state index is 11.5. The van der Waals surface area contributed by atoms with Crippen molar-refractivity contribution in [2.24, 2.45) is 5.92 Å². The fourth-order valence-corrected chi connectivity index (χ4v) is 2.78.